The molecule has 2 amide bonds. The third-order valence-electron chi connectivity index (χ3n) is 4.49. The summed E-state index contributed by atoms with van der Waals surface area (Å²) in [5.41, 5.74) is 0.461. The molecule has 3 rings (SSSR count). The number of non-ortho nitro benzene ring substituents is 1. The monoisotopic (exact) mass is 413 g/mol. The van der Waals surface area contributed by atoms with E-state index in [0.29, 0.717) is 25.1 Å². The first-order valence-corrected chi connectivity index (χ1v) is 9.09. The number of nitro benzene ring substituents is 1. The second kappa shape index (κ2) is 9.03. The molecule has 0 aliphatic carbocycles. The number of nitrogens with one attached hydrogen (secondary N) is 1. The van der Waals surface area contributed by atoms with Crippen LogP contribution in [0.15, 0.2) is 42.5 Å². The van der Waals surface area contributed by atoms with Gasteiger partial charge in [-0.05, 0) is 24.6 Å². The van der Waals surface area contributed by atoms with E-state index in [2.05, 4.69) is 5.32 Å². The molecule has 0 saturated carbocycles. The molecule has 156 valence electrons. The smallest absolute Gasteiger partial charge is 0.340 e. The maximum absolute atomic E-state index is 12.5. The zero-order chi connectivity index (χ0) is 21.7. The molecular formula is C20H19N3O7. The third kappa shape index (κ3) is 4.54. The number of para-hydroxylation sites is 1. The second-order valence-corrected chi connectivity index (χ2v) is 6.43. The Hall–Kier alpha value is -3.95. The molecule has 0 aromatic heterocycles. The number of ether oxygens (including phenoxy) is 2. The van der Waals surface area contributed by atoms with Crippen molar-refractivity contribution in [1.82, 2.24) is 0 Å². The quantitative estimate of drug-likeness (QED) is 0.420. The molecule has 10 nitrogen and oxygen atoms in total. The average molecular weight is 413 g/mol. The summed E-state index contributed by atoms with van der Waals surface area (Å²) < 4.78 is 10.2. The molecule has 0 spiro atoms. The molecule has 2 aromatic rings. The lowest BCUT2D eigenvalue weighted by atomic mass is 10.1. The summed E-state index contributed by atoms with van der Waals surface area (Å²) in [5, 5.41) is 13.4. The molecule has 10 heteroatoms. The van der Waals surface area contributed by atoms with Crippen LogP contribution in [-0.4, -0.2) is 43.0 Å². The summed E-state index contributed by atoms with van der Waals surface area (Å²) in [6.07, 6.45) is 1.12. The van der Waals surface area contributed by atoms with Crippen molar-refractivity contribution in [3.05, 3.63) is 58.1 Å². The van der Waals surface area contributed by atoms with Crippen LogP contribution in [0.2, 0.25) is 0 Å². The Kier molecular flexibility index (Phi) is 6.26. The largest absolute Gasteiger partial charge is 0.495 e. The Morgan fingerprint density at radius 3 is 2.67 bits per heavy atom. The maximum Gasteiger partial charge on any atom is 0.340 e. The van der Waals surface area contributed by atoms with Gasteiger partial charge in [-0.1, -0.05) is 12.1 Å². The van der Waals surface area contributed by atoms with Gasteiger partial charge in [-0.2, -0.15) is 0 Å². The van der Waals surface area contributed by atoms with Crippen LogP contribution in [0.3, 0.4) is 0 Å². The van der Waals surface area contributed by atoms with Gasteiger partial charge in [0.1, 0.15) is 5.75 Å². The minimum Gasteiger partial charge on any atom is -0.495 e. The Bertz CT molecular complexity index is 1010. The number of esters is 1. The summed E-state index contributed by atoms with van der Waals surface area (Å²) in [6.45, 7) is -0.108. The lowest BCUT2D eigenvalue weighted by molar-refractivity contribution is -0.384. The Morgan fingerprint density at radius 1 is 1.23 bits per heavy atom. The first kappa shape index (κ1) is 20.8. The van der Waals surface area contributed by atoms with E-state index in [0.717, 1.165) is 6.07 Å². The van der Waals surface area contributed by atoms with E-state index < -0.39 is 23.4 Å². The number of carbonyl (C=O) groups is 3. The van der Waals surface area contributed by atoms with Gasteiger partial charge in [0.25, 0.3) is 11.6 Å². The van der Waals surface area contributed by atoms with Crippen molar-refractivity contribution in [3.8, 4) is 5.75 Å². The van der Waals surface area contributed by atoms with Gasteiger partial charge in [0.15, 0.2) is 6.61 Å². The van der Waals surface area contributed by atoms with Crippen molar-refractivity contribution < 1.29 is 28.8 Å². The lowest BCUT2D eigenvalue weighted by Gasteiger charge is -2.18. The highest BCUT2D eigenvalue weighted by Crippen LogP contribution is 2.29. The minimum atomic E-state index is -0.758. The third-order valence-corrected chi connectivity index (χ3v) is 4.49. The molecular weight excluding hydrogens is 394 g/mol. The molecule has 0 unspecified atom stereocenters. The van der Waals surface area contributed by atoms with Gasteiger partial charge in [-0.15, -0.1) is 0 Å². The number of benzene rings is 2. The molecule has 1 heterocycles. The molecule has 0 bridgehead atoms. The molecule has 2 aromatic carbocycles. The Balaban J connectivity index is 1.68. The van der Waals surface area contributed by atoms with Gasteiger partial charge in [0.2, 0.25) is 5.91 Å². The second-order valence-electron chi connectivity index (χ2n) is 6.43. The summed E-state index contributed by atoms with van der Waals surface area (Å²) in [7, 11) is 1.35. The highest BCUT2D eigenvalue weighted by Gasteiger charge is 2.26. The van der Waals surface area contributed by atoms with E-state index in [1.165, 1.54) is 30.2 Å². The Labute approximate surface area is 171 Å². The molecule has 1 aliphatic heterocycles. The molecule has 30 heavy (non-hydrogen) atoms. The first-order chi connectivity index (χ1) is 14.4. The number of anilines is 2. The maximum atomic E-state index is 12.5. The highest BCUT2D eigenvalue weighted by atomic mass is 16.6. The first-order valence-electron chi connectivity index (χ1n) is 9.09. The van der Waals surface area contributed by atoms with Crippen LogP contribution in [0, 0.1) is 10.1 Å². The van der Waals surface area contributed by atoms with Crippen molar-refractivity contribution in [3.63, 3.8) is 0 Å². The van der Waals surface area contributed by atoms with E-state index in [-0.39, 0.29) is 28.6 Å². The van der Waals surface area contributed by atoms with E-state index in [9.17, 15) is 24.5 Å². The van der Waals surface area contributed by atoms with Crippen molar-refractivity contribution in [2.75, 3.05) is 30.5 Å². The molecule has 1 fully saturated rings. The topological polar surface area (TPSA) is 128 Å². The van der Waals surface area contributed by atoms with E-state index in [1.54, 1.807) is 18.2 Å². The molecule has 1 saturated heterocycles. The number of amides is 2. The minimum absolute atomic E-state index is 0.0780. The van der Waals surface area contributed by atoms with E-state index in [4.69, 9.17) is 9.47 Å². The average Bonchev–Trinajstić information content (AvgIpc) is 3.17. The van der Waals surface area contributed by atoms with Gasteiger partial charge >= 0.3 is 5.97 Å². The number of nitro groups is 1. The zero-order valence-corrected chi connectivity index (χ0v) is 16.1. The number of hydrogen-bond acceptors (Lipinski definition) is 7. The fourth-order valence-corrected chi connectivity index (χ4v) is 3.09. The summed E-state index contributed by atoms with van der Waals surface area (Å²) in [6, 6.07) is 10.2. The van der Waals surface area contributed by atoms with Gasteiger partial charge in [-0.25, -0.2) is 4.79 Å². The van der Waals surface area contributed by atoms with Crippen LogP contribution in [0.5, 0.6) is 5.75 Å². The molecule has 0 atom stereocenters. The standard InChI is InChI=1S/C20H19N3O7/c1-29-17-9-8-13(23(27)28)11-15(17)21-18(24)12-30-20(26)14-5-2-3-6-16(14)22-10-4-7-19(22)25/h2-3,5-6,8-9,11H,4,7,10,12H2,1H3,(H,21,24). The van der Waals surface area contributed by atoms with Crippen LogP contribution < -0.4 is 15.0 Å². The van der Waals surface area contributed by atoms with Crippen LogP contribution in [0.4, 0.5) is 17.1 Å². The summed E-state index contributed by atoms with van der Waals surface area (Å²) in [4.78, 5) is 48.6. The number of hydrogen-bond donors (Lipinski definition) is 1. The Morgan fingerprint density at radius 2 is 2.00 bits per heavy atom. The number of nitrogens with zero attached hydrogens (tertiary/aromatic N) is 2. The summed E-state index contributed by atoms with van der Waals surface area (Å²) in [5.74, 6) is -1.31. The lowest BCUT2D eigenvalue weighted by Crippen LogP contribution is -2.27. The summed E-state index contributed by atoms with van der Waals surface area (Å²) >= 11 is 0. The van der Waals surface area contributed by atoms with Crippen LogP contribution in [0.1, 0.15) is 23.2 Å². The molecule has 1 aliphatic rings. The van der Waals surface area contributed by atoms with Crippen molar-refractivity contribution in [1.29, 1.82) is 0 Å². The zero-order valence-electron chi connectivity index (χ0n) is 16.1. The van der Waals surface area contributed by atoms with Crippen molar-refractivity contribution in [2.45, 2.75) is 12.8 Å². The van der Waals surface area contributed by atoms with Gasteiger partial charge in [0, 0.05) is 25.1 Å². The SMILES string of the molecule is COc1ccc([N+](=O)[O-])cc1NC(=O)COC(=O)c1ccccc1N1CCCC1=O. The predicted octanol–water partition coefficient (Wildman–Crippen LogP) is 2.53. The van der Waals surface area contributed by atoms with E-state index in [1.807, 2.05) is 0 Å². The fraction of sp³-hybridized carbons (Fsp3) is 0.250. The van der Waals surface area contributed by atoms with E-state index >= 15 is 0 Å². The normalized spacial score (nSPS) is 13.1. The number of methoxy groups -OCH3 is 1. The van der Waals surface area contributed by atoms with Crippen LogP contribution in [-0.2, 0) is 14.3 Å². The van der Waals surface area contributed by atoms with Gasteiger partial charge < -0.3 is 19.7 Å². The van der Waals surface area contributed by atoms with Crippen molar-refractivity contribution >= 4 is 34.8 Å². The van der Waals surface area contributed by atoms with Crippen molar-refractivity contribution in [2.24, 2.45) is 0 Å². The molecule has 0 radical (unpaired) electrons. The molecule has 1 N–H and O–H groups in total. The van der Waals surface area contributed by atoms with Gasteiger partial charge in [-0.3, -0.25) is 19.7 Å². The van der Waals surface area contributed by atoms with Crippen LogP contribution >= 0.6 is 0 Å². The van der Waals surface area contributed by atoms with Crippen LogP contribution in [0.25, 0.3) is 0 Å². The number of rotatable bonds is 7. The fourth-order valence-electron chi connectivity index (χ4n) is 3.09. The number of carbonyl (C=O) groups excluding carboxylic acids is 3. The predicted molar refractivity (Wildman–Crippen MR) is 107 cm³/mol. The highest BCUT2D eigenvalue weighted by molar-refractivity contribution is 6.04. The van der Waals surface area contributed by atoms with Gasteiger partial charge in [0.05, 0.1) is 29.0 Å².